The van der Waals surface area contributed by atoms with Crippen LogP contribution in [0.3, 0.4) is 0 Å². The number of hydrogen-bond donors (Lipinski definition) is 1. The number of aromatic nitrogens is 1. The zero-order chi connectivity index (χ0) is 14.6. The smallest absolute Gasteiger partial charge is 0.290 e. The Balaban J connectivity index is 2.85. The van der Waals surface area contributed by atoms with Crippen molar-refractivity contribution < 1.29 is 4.92 Å². The summed E-state index contributed by atoms with van der Waals surface area (Å²) in [4.78, 5) is 16.7. The second-order valence-corrected chi connectivity index (χ2v) is 5.32. The quantitative estimate of drug-likeness (QED) is 0.632. The number of likely N-dealkylation sites (N-methyl/N-ethyl adjacent to an activating group) is 1. The molecule has 1 atom stereocenters. The number of anilines is 1. The van der Waals surface area contributed by atoms with Gasteiger partial charge in [0.25, 0.3) is 5.69 Å². The summed E-state index contributed by atoms with van der Waals surface area (Å²) in [5, 5.41) is 14.1. The van der Waals surface area contributed by atoms with Crippen molar-refractivity contribution in [2.24, 2.45) is 5.92 Å². The summed E-state index contributed by atoms with van der Waals surface area (Å²) >= 11 is 0. The molecule has 1 unspecified atom stereocenters. The van der Waals surface area contributed by atoms with Crippen molar-refractivity contribution in [1.82, 2.24) is 9.88 Å². The first-order chi connectivity index (χ1) is 8.81. The first-order valence-corrected chi connectivity index (χ1v) is 6.34. The third kappa shape index (κ3) is 4.48. The van der Waals surface area contributed by atoms with Crippen LogP contribution in [0.2, 0.25) is 0 Å². The van der Waals surface area contributed by atoms with Crippen molar-refractivity contribution in [2.45, 2.75) is 26.8 Å². The first-order valence-electron chi connectivity index (χ1n) is 6.34. The standard InChI is InChI=1S/C13H22N4O2/c1-9(2)11(8-16(4)5)15-13-7-6-12(17(18)19)10(3)14-13/h6-7,9,11H,8H2,1-5H3,(H,14,15). The molecule has 0 aliphatic heterocycles. The molecule has 0 saturated carbocycles. The average Bonchev–Trinajstić information content (AvgIpc) is 2.26. The van der Waals surface area contributed by atoms with E-state index in [-0.39, 0.29) is 11.7 Å². The molecular formula is C13H22N4O2. The Morgan fingerprint density at radius 2 is 2.05 bits per heavy atom. The number of nitrogens with one attached hydrogen (secondary N) is 1. The van der Waals surface area contributed by atoms with Gasteiger partial charge in [0, 0.05) is 18.7 Å². The molecule has 6 nitrogen and oxygen atoms in total. The van der Waals surface area contributed by atoms with Crippen LogP contribution in [-0.2, 0) is 0 Å². The molecule has 0 radical (unpaired) electrons. The van der Waals surface area contributed by atoms with Crippen LogP contribution in [-0.4, -0.2) is 41.5 Å². The fourth-order valence-electron chi connectivity index (χ4n) is 1.83. The minimum Gasteiger partial charge on any atom is -0.366 e. The minimum absolute atomic E-state index is 0.0549. The minimum atomic E-state index is -0.411. The van der Waals surface area contributed by atoms with E-state index in [2.05, 4.69) is 29.0 Å². The highest BCUT2D eigenvalue weighted by molar-refractivity contribution is 5.45. The molecule has 1 heterocycles. The van der Waals surface area contributed by atoms with E-state index in [1.54, 1.807) is 13.0 Å². The van der Waals surface area contributed by atoms with Gasteiger partial charge >= 0.3 is 0 Å². The van der Waals surface area contributed by atoms with E-state index >= 15 is 0 Å². The van der Waals surface area contributed by atoms with Crippen LogP contribution >= 0.6 is 0 Å². The lowest BCUT2D eigenvalue weighted by molar-refractivity contribution is -0.385. The molecule has 19 heavy (non-hydrogen) atoms. The van der Waals surface area contributed by atoms with Crippen LogP contribution in [0.4, 0.5) is 11.5 Å². The van der Waals surface area contributed by atoms with Crippen molar-refractivity contribution >= 4 is 11.5 Å². The maximum absolute atomic E-state index is 10.7. The predicted molar refractivity (Wildman–Crippen MR) is 76.4 cm³/mol. The molecule has 0 bridgehead atoms. The van der Waals surface area contributed by atoms with E-state index in [4.69, 9.17) is 0 Å². The molecule has 106 valence electrons. The van der Waals surface area contributed by atoms with Gasteiger partial charge in [-0.15, -0.1) is 0 Å². The molecular weight excluding hydrogens is 244 g/mol. The predicted octanol–water partition coefficient (Wildman–Crippen LogP) is 2.30. The molecule has 6 heteroatoms. The van der Waals surface area contributed by atoms with Gasteiger partial charge in [-0.2, -0.15) is 0 Å². The lowest BCUT2D eigenvalue weighted by Crippen LogP contribution is -2.36. The maximum atomic E-state index is 10.7. The lowest BCUT2D eigenvalue weighted by Gasteiger charge is -2.26. The number of rotatable bonds is 6. The highest BCUT2D eigenvalue weighted by Crippen LogP contribution is 2.19. The fourth-order valence-corrected chi connectivity index (χ4v) is 1.83. The molecule has 0 aromatic carbocycles. The Hall–Kier alpha value is -1.69. The van der Waals surface area contributed by atoms with Gasteiger partial charge in [0.05, 0.1) is 4.92 Å². The van der Waals surface area contributed by atoms with Crippen LogP contribution in [0.5, 0.6) is 0 Å². The molecule has 0 aliphatic rings. The highest BCUT2D eigenvalue weighted by atomic mass is 16.6. The van der Waals surface area contributed by atoms with Crippen molar-refractivity contribution in [2.75, 3.05) is 26.0 Å². The topological polar surface area (TPSA) is 71.3 Å². The summed E-state index contributed by atoms with van der Waals surface area (Å²) in [6, 6.07) is 3.41. The molecule has 1 rings (SSSR count). The lowest BCUT2D eigenvalue weighted by atomic mass is 10.0. The normalized spacial score (nSPS) is 12.8. The molecule has 1 aromatic heterocycles. The van der Waals surface area contributed by atoms with E-state index in [0.717, 1.165) is 6.54 Å². The summed E-state index contributed by atoms with van der Waals surface area (Å²) in [6.45, 7) is 6.81. The first kappa shape index (κ1) is 15.4. The van der Waals surface area contributed by atoms with E-state index < -0.39 is 4.92 Å². The Labute approximate surface area is 114 Å². The number of nitro groups is 1. The van der Waals surface area contributed by atoms with Gasteiger partial charge in [-0.3, -0.25) is 10.1 Å². The zero-order valence-corrected chi connectivity index (χ0v) is 12.2. The summed E-state index contributed by atoms with van der Waals surface area (Å²) in [5.41, 5.74) is 0.488. The van der Waals surface area contributed by atoms with Crippen molar-refractivity contribution in [3.8, 4) is 0 Å². The van der Waals surface area contributed by atoms with Gasteiger partial charge in [0.2, 0.25) is 0 Å². The van der Waals surface area contributed by atoms with Crippen molar-refractivity contribution in [3.05, 3.63) is 27.9 Å². The average molecular weight is 266 g/mol. The second kappa shape index (κ2) is 6.47. The van der Waals surface area contributed by atoms with Crippen LogP contribution in [0.15, 0.2) is 12.1 Å². The molecule has 0 aliphatic carbocycles. The van der Waals surface area contributed by atoms with Gasteiger partial charge in [-0.05, 0) is 33.0 Å². The maximum Gasteiger partial charge on any atom is 0.290 e. The van der Waals surface area contributed by atoms with E-state index in [9.17, 15) is 10.1 Å². The van der Waals surface area contributed by atoms with Gasteiger partial charge in [-0.25, -0.2) is 4.98 Å². The summed E-state index contributed by atoms with van der Waals surface area (Å²) < 4.78 is 0. The summed E-state index contributed by atoms with van der Waals surface area (Å²) in [7, 11) is 4.04. The van der Waals surface area contributed by atoms with Crippen molar-refractivity contribution in [3.63, 3.8) is 0 Å². The fraction of sp³-hybridized carbons (Fsp3) is 0.615. The molecule has 1 aromatic rings. The molecule has 0 amide bonds. The van der Waals surface area contributed by atoms with E-state index in [1.165, 1.54) is 6.07 Å². The zero-order valence-electron chi connectivity index (χ0n) is 12.2. The molecule has 0 fully saturated rings. The number of pyridine rings is 1. The van der Waals surface area contributed by atoms with Gasteiger partial charge in [0.1, 0.15) is 11.5 Å². The Kier molecular flexibility index (Phi) is 5.23. The number of nitrogens with zero attached hydrogens (tertiary/aromatic N) is 3. The van der Waals surface area contributed by atoms with Crippen molar-refractivity contribution in [1.29, 1.82) is 0 Å². The van der Waals surface area contributed by atoms with E-state index in [1.807, 2.05) is 14.1 Å². The van der Waals surface area contributed by atoms with Gasteiger partial charge in [-0.1, -0.05) is 13.8 Å². The third-order valence-corrected chi connectivity index (χ3v) is 2.95. The van der Waals surface area contributed by atoms with Crippen LogP contribution in [0, 0.1) is 23.0 Å². The van der Waals surface area contributed by atoms with Crippen LogP contribution in [0.25, 0.3) is 0 Å². The Morgan fingerprint density at radius 1 is 1.42 bits per heavy atom. The van der Waals surface area contributed by atoms with Gasteiger partial charge < -0.3 is 10.2 Å². The Bertz CT molecular complexity index is 446. The monoisotopic (exact) mass is 266 g/mol. The van der Waals surface area contributed by atoms with Gasteiger partial charge in [0.15, 0.2) is 0 Å². The highest BCUT2D eigenvalue weighted by Gasteiger charge is 2.17. The number of hydrogen-bond acceptors (Lipinski definition) is 5. The molecule has 0 spiro atoms. The SMILES string of the molecule is Cc1nc(NC(CN(C)C)C(C)C)ccc1[N+](=O)[O-]. The summed E-state index contributed by atoms with van der Waals surface area (Å²) in [6.07, 6.45) is 0. The second-order valence-electron chi connectivity index (χ2n) is 5.32. The summed E-state index contributed by atoms with van der Waals surface area (Å²) in [5.74, 6) is 1.13. The van der Waals surface area contributed by atoms with Crippen LogP contribution < -0.4 is 5.32 Å². The number of aryl methyl sites for hydroxylation is 1. The largest absolute Gasteiger partial charge is 0.366 e. The molecule has 0 saturated heterocycles. The van der Waals surface area contributed by atoms with Crippen LogP contribution in [0.1, 0.15) is 19.5 Å². The third-order valence-electron chi connectivity index (χ3n) is 2.95. The van der Waals surface area contributed by atoms with E-state index in [0.29, 0.717) is 17.4 Å². The molecule has 1 N–H and O–H groups in total. The Morgan fingerprint density at radius 3 is 2.47 bits per heavy atom.